The highest BCUT2D eigenvalue weighted by Crippen LogP contribution is 2.21. The third-order valence-corrected chi connectivity index (χ3v) is 3.83. The lowest BCUT2D eigenvalue weighted by molar-refractivity contribution is 0.249. The molecule has 0 radical (unpaired) electrons. The molecule has 1 aliphatic heterocycles. The topological polar surface area (TPSA) is 28.2 Å². The van der Waals surface area contributed by atoms with E-state index < -0.39 is 0 Å². The number of rotatable bonds is 3. The quantitative estimate of drug-likeness (QED) is 0.943. The van der Waals surface area contributed by atoms with E-state index in [1.54, 1.807) is 18.3 Å². The maximum Gasteiger partial charge on any atom is 0.124 e. The number of halogens is 2. The Morgan fingerprint density at radius 3 is 3.05 bits per heavy atom. The van der Waals surface area contributed by atoms with Crippen LogP contribution >= 0.6 is 12.4 Å². The highest BCUT2D eigenvalue weighted by atomic mass is 35.5. The van der Waals surface area contributed by atoms with Gasteiger partial charge in [-0.1, -0.05) is 6.07 Å². The summed E-state index contributed by atoms with van der Waals surface area (Å²) in [4.78, 5) is 6.67. The van der Waals surface area contributed by atoms with Crippen LogP contribution in [0, 0.1) is 5.82 Å². The van der Waals surface area contributed by atoms with Crippen molar-refractivity contribution in [2.45, 2.75) is 19.0 Å². The second kappa shape index (κ2) is 6.48. The molecule has 0 saturated carbocycles. The molecule has 1 fully saturated rings. The van der Waals surface area contributed by atoms with Gasteiger partial charge in [0.25, 0.3) is 0 Å². The van der Waals surface area contributed by atoms with Crippen molar-refractivity contribution in [3.63, 3.8) is 0 Å². The first kappa shape index (κ1) is 15.2. The van der Waals surface area contributed by atoms with Crippen molar-refractivity contribution >= 4 is 23.3 Å². The number of nitrogens with zero attached hydrogens (tertiary/aromatic N) is 2. The third kappa shape index (κ3) is 3.08. The molecule has 3 nitrogen and oxygen atoms in total. The molecule has 2 aromatic rings. The molecule has 20 heavy (non-hydrogen) atoms. The predicted molar refractivity (Wildman–Crippen MR) is 81.7 cm³/mol. The van der Waals surface area contributed by atoms with Crippen LogP contribution in [0.15, 0.2) is 30.5 Å². The van der Waals surface area contributed by atoms with Crippen molar-refractivity contribution in [3.8, 4) is 0 Å². The summed E-state index contributed by atoms with van der Waals surface area (Å²) >= 11 is 0. The molecular weight excluding hydrogens is 277 g/mol. The number of likely N-dealkylation sites (N-methyl/N-ethyl adjacent to an activating group) is 1. The summed E-state index contributed by atoms with van der Waals surface area (Å²) in [5.41, 5.74) is 1.87. The van der Waals surface area contributed by atoms with Gasteiger partial charge in [0.2, 0.25) is 0 Å². The Morgan fingerprint density at radius 1 is 1.45 bits per heavy atom. The minimum atomic E-state index is -0.187. The molecule has 1 atom stereocenters. The second-order valence-corrected chi connectivity index (χ2v) is 5.20. The maximum atomic E-state index is 13.7. The zero-order valence-corrected chi connectivity index (χ0v) is 12.3. The van der Waals surface area contributed by atoms with Gasteiger partial charge in [-0.05, 0) is 43.8 Å². The normalized spacial score (nSPS) is 18.4. The summed E-state index contributed by atoms with van der Waals surface area (Å²) in [6.45, 7) is 2.81. The van der Waals surface area contributed by atoms with Gasteiger partial charge in [0.05, 0.1) is 5.52 Å². The zero-order valence-electron chi connectivity index (χ0n) is 11.5. The van der Waals surface area contributed by atoms with Crippen molar-refractivity contribution < 1.29 is 4.39 Å². The Balaban J connectivity index is 0.00000147. The first-order valence-corrected chi connectivity index (χ1v) is 6.68. The molecule has 0 bridgehead atoms. The summed E-state index contributed by atoms with van der Waals surface area (Å²) in [6.07, 6.45) is 2.91. The fourth-order valence-electron chi connectivity index (χ4n) is 2.76. The highest BCUT2D eigenvalue weighted by molar-refractivity contribution is 5.85. The molecule has 5 heteroatoms. The SMILES string of the molecule is CN(Cc1cc(F)cc2cccnc12)C1CCNC1.Cl. The lowest BCUT2D eigenvalue weighted by Crippen LogP contribution is -2.32. The molecule has 108 valence electrons. The number of fused-ring (bicyclic) bond motifs is 1. The van der Waals surface area contributed by atoms with Crippen LogP contribution in [-0.4, -0.2) is 36.1 Å². The first-order valence-electron chi connectivity index (χ1n) is 6.68. The summed E-state index contributed by atoms with van der Waals surface area (Å²) in [5.74, 6) is -0.187. The number of aromatic nitrogens is 1. The van der Waals surface area contributed by atoms with E-state index in [4.69, 9.17) is 0 Å². The largest absolute Gasteiger partial charge is 0.315 e. The minimum absolute atomic E-state index is 0. The maximum absolute atomic E-state index is 13.7. The Labute approximate surface area is 124 Å². The molecule has 3 rings (SSSR count). The van der Waals surface area contributed by atoms with Gasteiger partial charge in [0.1, 0.15) is 5.82 Å². The van der Waals surface area contributed by atoms with E-state index in [9.17, 15) is 4.39 Å². The summed E-state index contributed by atoms with van der Waals surface area (Å²) in [5, 5.41) is 4.23. The Morgan fingerprint density at radius 2 is 2.30 bits per heavy atom. The average molecular weight is 296 g/mol. The number of nitrogens with one attached hydrogen (secondary N) is 1. The van der Waals surface area contributed by atoms with Gasteiger partial charge < -0.3 is 5.32 Å². The predicted octanol–water partition coefficient (Wildman–Crippen LogP) is 2.59. The highest BCUT2D eigenvalue weighted by Gasteiger charge is 2.20. The Kier molecular flexibility index (Phi) is 4.91. The second-order valence-electron chi connectivity index (χ2n) is 5.20. The Bertz CT molecular complexity index is 584. The molecule has 1 saturated heterocycles. The van der Waals surface area contributed by atoms with Crippen LogP contribution < -0.4 is 5.32 Å². The van der Waals surface area contributed by atoms with Gasteiger partial charge in [0, 0.05) is 30.7 Å². The van der Waals surface area contributed by atoms with Crippen LogP contribution in [0.25, 0.3) is 10.9 Å². The molecule has 0 aliphatic carbocycles. The number of pyridine rings is 1. The number of benzene rings is 1. The lowest BCUT2D eigenvalue weighted by atomic mass is 10.1. The monoisotopic (exact) mass is 295 g/mol. The summed E-state index contributed by atoms with van der Waals surface area (Å²) < 4.78 is 13.7. The van der Waals surface area contributed by atoms with Gasteiger partial charge in [-0.25, -0.2) is 4.39 Å². The molecule has 1 N–H and O–H groups in total. The van der Waals surface area contributed by atoms with Crippen LogP contribution in [0.2, 0.25) is 0 Å². The van der Waals surface area contributed by atoms with Gasteiger partial charge in [-0.2, -0.15) is 0 Å². The van der Waals surface area contributed by atoms with Crippen molar-refractivity contribution in [2.24, 2.45) is 0 Å². The van der Waals surface area contributed by atoms with E-state index in [1.165, 1.54) is 0 Å². The number of hydrogen-bond donors (Lipinski definition) is 1. The van der Waals surface area contributed by atoms with Gasteiger partial charge in [-0.3, -0.25) is 9.88 Å². The molecule has 1 aliphatic rings. The van der Waals surface area contributed by atoms with E-state index >= 15 is 0 Å². The fraction of sp³-hybridized carbons (Fsp3) is 0.400. The molecule has 1 aromatic heterocycles. The Hall–Kier alpha value is -1.23. The van der Waals surface area contributed by atoms with Crippen molar-refractivity contribution in [3.05, 3.63) is 41.8 Å². The minimum Gasteiger partial charge on any atom is -0.315 e. The third-order valence-electron chi connectivity index (χ3n) is 3.83. The number of hydrogen-bond acceptors (Lipinski definition) is 3. The van der Waals surface area contributed by atoms with Gasteiger partial charge in [-0.15, -0.1) is 12.4 Å². The van der Waals surface area contributed by atoms with E-state index in [0.717, 1.165) is 42.5 Å². The van der Waals surface area contributed by atoms with Crippen LogP contribution in [0.3, 0.4) is 0 Å². The fourth-order valence-corrected chi connectivity index (χ4v) is 2.76. The smallest absolute Gasteiger partial charge is 0.124 e. The zero-order chi connectivity index (χ0) is 13.2. The van der Waals surface area contributed by atoms with Crippen LogP contribution in [0.1, 0.15) is 12.0 Å². The van der Waals surface area contributed by atoms with Gasteiger partial charge >= 0.3 is 0 Å². The molecule has 0 spiro atoms. The standard InChI is InChI=1S/C15H18FN3.ClH/c1-19(14-4-6-17-9-14)10-12-8-13(16)7-11-3-2-5-18-15(11)12;/h2-3,5,7-8,14,17H,4,6,9-10H2,1H3;1H. The van der Waals surface area contributed by atoms with E-state index in [0.29, 0.717) is 6.04 Å². The van der Waals surface area contributed by atoms with E-state index in [1.807, 2.05) is 12.1 Å². The first-order chi connectivity index (χ1) is 9.24. The van der Waals surface area contributed by atoms with Gasteiger partial charge in [0.15, 0.2) is 0 Å². The van der Waals surface area contributed by atoms with Crippen LogP contribution in [0.4, 0.5) is 4.39 Å². The molecule has 2 heterocycles. The molecule has 0 amide bonds. The lowest BCUT2D eigenvalue weighted by Gasteiger charge is -2.23. The van der Waals surface area contributed by atoms with Crippen molar-refractivity contribution in [1.82, 2.24) is 15.2 Å². The summed E-state index contributed by atoms with van der Waals surface area (Å²) in [7, 11) is 2.09. The van der Waals surface area contributed by atoms with E-state index in [2.05, 4.69) is 22.2 Å². The molecule has 1 unspecified atom stereocenters. The summed E-state index contributed by atoms with van der Waals surface area (Å²) in [6, 6.07) is 7.43. The van der Waals surface area contributed by atoms with Crippen molar-refractivity contribution in [1.29, 1.82) is 0 Å². The van der Waals surface area contributed by atoms with Crippen molar-refractivity contribution in [2.75, 3.05) is 20.1 Å². The molecule has 1 aromatic carbocycles. The van der Waals surface area contributed by atoms with Crippen LogP contribution in [0.5, 0.6) is 0 Å². The van der Waals surface area contributed by atoms with Crippen LogP contribution in [-0.2, 0) is 6.54 Å². The van der Waals surface area contributed by atoms with E-state index in [-0.39, 0.29) is 18.2 Å². The average Bonchev–Trinajstić information content (AvgIpc) is 2.92. The molecular formula is C15H19ClFN3.